The first-order chi connectivity index (χ1) is 9.22. The lowest BCUT2D eigenvalue weighted by Crippen LogP contribution is -2.02. The van der Waals surface area contributed by atoms with Crippen LogP contribution in [-0.2, 0) is 11.2 Å². The largest absolute Gasteiger partial charge is 0.497 e. The molecule has 0 unspecified atom stereocenters. The first-order valence-electron chi connectivity index (χ1n) is 5.89. The molecule has 1 heterocycles. The van der Waals surface area contributed by atoms with Gasteiger partial charge in [0.2, 0.25) is 0 Å². The van der Waals surface area contributed by atoms with Gasteiger partial charge in [0.05, 0.1) is 19.4 Å². The van der Waals surface area contributed by atoms with Gasteiger partial charge in [-0.1, -0.05) is 11.6 Å². The summed E-state index contributed by atoms with van der Waals surface area (Å²) in [6.45, 7) is 0.572. The number of halogens is 1. The molecule has 2 rings (SSSR count). The van der Waals surface area contributed by atoms with E-state index in [9.17, 15) is 0 Å². The average Bonchev–Trinajstić information content (AvgIpc) is 2.44. The van der Waals surface area contributed by atoms with E-state index < -0.39 is 0 Å². The molecule has 0 fully saturated rings. The summed E-state index contributed by atoms with van der Waals surface area (Å²) < 4.78 is 10.2. The molecule has 2 aromatic rings. The summed E-state index contributed by atoms with van der Waals surface area (Å²) in [6, 6.07) is 9.41. The lowest BCUT2D eigenvalue weighted by molar-refractivity contribution is 0.200. The second kappa shape index (κ2) is 6.50. The Balaban J connectivity index is 2.29. The molecule has 0 N–H and O–H groups in total. The molecule has 4 nitrogen and oxygen atoms in total. The molecule has 0 spiro atoms. The highest BCUT2D eigenvalue weighted by atomic mass is 35.5. The van der Waals surface area contributed by atoms with Gasteiger partial charge in [-0.15, -0.1) is 0 Å². The zero-order chi connectivity index (χ0) is 13.7. The predicted octanol–water partition coefficient (Wildman–Crippen LogP) is 2.99. The highest BCUT2D eigenvalue weighted by molar-refractivity contribution is 6.29. The van der Waals surface area contributed by atoms with Crippen LogP contribution in [0.3, 0.4) is 0 Å². The minimum absolute atomic E-state index is 0.437. The zero-order valence-corrected chi connectivity index (χ0v) is 11.6. The van der Waals surface area contributed by atoms with Gasteiger partial charge in [0.1, 0.15) is 16.7 Å². The standard InChI is InChI=1S/C14H15ClN2O2/c1-18-8-7-14-16-12(9-13(15)17-14)10-3-5-11(19-2)6-4-10/h3-6,9H,7-8H2,1-2H3. The smallest absolute Gasteiger partial charge is 0.133 e. The first kappa shape index (κ1) is 13.8. The number of aromatic nitrogens is 2. The van der Waals surface area contributed by atoms with Crippen molar-refractivity contribution in [1.82, 2.24) is 9.97 Å². The molecule has 0 bridgehead atoms. The number of rotatable bonds is 5. The van der Waals surface area contributed by atoms with Gasteiger partial charge in [-0.25, -0.2) is 9.97 Å². The van der Waals surface area contributed by atoms with E-state index in [2.05, 4.69) is 9.97 Å². The molecule has 0 radical (unpaired) electrons. The maximum atomic E-state index is 6.02. The van der Waals surface area contributed by atoms with Gasteiger partial charge in [0.15, 0.2) is 0 Å². The van der Waals surface area contributed by atoms with E-state index >= 15 is 0 Å². The fourth-order valence-corrected chi connectivity index (χ4v) is 1.88. The van der Waals surface area contributed by atoms with Crippen LogP contribution in [0.2, 0.25) is 5.15 Å². The number of hydrogen-bond acceptors (Lipinski definition) is 4. The molecule has 1 aromatic carbocycles. The van der Waals surface area contributed by atoms with Crippen LogP contribution in [0.15, 0.2) is 30.3 Å². The lowest BCUT2D eigenvalue weighted by atomic mass is 10.1. The minimum atomic E-state index is 0.437. The van der Waals surface area contributed by atoms with Crippen molar-refractivity contribution in [3.8, 4) is 17.0 Å². The molecule has 0 aliphatic carbocycles. The topological polar surface area (TPSA) is 44.2 Å². The van der Waals surface area contributed by atoms with E-state index in [0.717, 1.165) is 17.0 Å². The summed E-state index contributed by atoms with van der Waals surface area (Å²) in [4.78, 5) is 8.66. The van der Waals surface area contributed by atoms with Crippen molar-refractivity contribution >= 4 is 11.6 Å². The SMILES string of the molecule is COCCc1nc(Cl)cc(-c2ccc(OC)cc2)n1. The van der Waals surface area contributed by atoms with Gasteiger partial charge in [0.25, 0.3) is 0 Å². The zero-order valence-electron chi connectivity index (χ0n) is 10.9. The number of ether oxygens (including phenoxy) is 2. The van der Waals surface area contributed by atoms with Crippen LogP contribution in [0.5, 0.6) is 5.75 Å². The van der Waals surface area contributed by atoms with E-state index in [0.29, 0.717) is 24.0 Å². The Morgan fingerprint density at radius 2 is 1.84 bits per heavy atom. The van der Waals surface area contributed by atoms with Crippen LogP contribution in [0.25, 0.3) is 11.3 Å². The molecule has 19 heavy (non-hydrogen) atoms. The molecule has 0 saturated heterocycles. The molecule has 0 aliphatic rings. The molecule has 5 heteroatoms. The molecule has 0 atom stereocenters. The second-order valence-electron chi connectivity index (χ2n) is 3.96. The highest BCUT2D eigenvalue weighted by Crippen LogP contribution is 2.22. The Labute approximate surface area is 117 Å². The third kappa shape index (κ3) is 3.66. The average molecular weight is 279 g/mol. The predicted molar refractivity (Wildman–Crippen MR) is 74.6 cm³/mol. The Bertz CT molecular complexity index is 544. The molecule has 100 valence electrons. The summed E-state index contributed by atoms with van der Waals surface area (Å²) in [6.07, 6.45) is 0.639. The molecule has 0 saturated carbocycles. The Morgan fingerprint density at radius 3 is 2.47 bits per heavy atom. The maximum absolute atomic E-state index is 6.02. The van der Waals surface area contributed by atoms with Crippen molar-refractivity contribution in [3.05, 3.63) is 41.3 Å². The molecule has 0 aliphatic heterocycles. The minimum Gasteiger partial charge on any atom is -0.497 e. The van der Waals surface area contributed by atoms with Gasteiger partial charge < -0.3 is 9.47 Å². The third-order valence-electron chi connectivity index (χ3n) is 2.66. The van der Waals surface area contributed by atoms with Crippen LogP contribution in [0, 0.1) is 0 Å². The Kier molecular flexibility index (Phi) is 4.71. The van der Waals surface area contributed by atoms with Gasteiger partial charge >= 0.3 is 0 Å². The van der Waals surface area contributed by atoms with Crippen LogP contribution >= 0.6 is 11.6 Å². The summed E-state index contributed by atoms with van der Waals surface area (Å²) in [7, 11) is 3.29. The molecule has 0 amide bonds. The van der Waals surface area contributed by atoms with E-state index in [-0.39, 0.29) is 0 Å². The van der Waals surface area contributed by atoms with Crippen LogP contribution < -0.4 is 4.74 Å². The van der Waals surface area contributed by atoms with Crippen LogP contribution in [0.4, 0.5) is 0 Å². The van der Waals surface area contributed by atoms with Gasteiger partial charge in [-0.2, -0.15) is 0 Å². The Morgan fingerprint density at radius 1 is 1.11 bits per heavy atom. The monoisotopic (exact) mass is 278 g/mol. The lowest BCUT2D eigenvalue weighted by Gasteiger charge is -2.06. The second-order valence-corrected chi connectivity index (χ2v) is 4.35. The van der Waals surface area contributed by atoms with Crippen molar-refractivity contribution < 1.29 is 9.47 Å². The summed E-state index contributed by atoms with van der Waals surface area (Å²) >= 11 is 6.02. The summed E-state index contributed by atoms with van der Waals surface area (Å²) in [5.41, 5.74) is 1.78. The van der Waals surface area contributed by atoms with Gasteiger partial charge in [0, 0.05) is 25.2 Å². The van der Waals surface area contributed by atoms with E-state index in [1.54, 1.807) is 20.3 Å². The molecule has 1 aromatic heterocycles. The van der Waals surface area contributed by atoms with Crippen molar-refractivity contribution in [2.75, 3.05) is 20.8 Å². The van der Waals surface area contributed by atoms with E-state index in [4.69, 9.17) is 21.1 Å². The normalized spacial score (nSPS) is 10.5. The van der Waals surface area contributed by atoms with Crippen molar-refractivity contribution in [2.24, 2.45) is 0 Å². The molecular formula is C14H15ClN2O2. The van der Waals surface area contributed by atoms with Gasteiger partial charge in [-0.05, 0) is 24.3 Å². The van der Waals surface area contributed by atoms with E-state index in [1.807, 2.05) is 24.3 Å². The quantitative estimate of drug-likeness (QED) is 0.789. The highest BCUT2D eigenvalue weighted by Gasteiger charge is 2.06. The first-order valence-corrected chi connectivity index (χ1v) is 6.27. The van der Waals surface area contributed by atoms with Crippen LogP contribution in [-0.4, -0.2) is 30.8 Å². The fraction of sp³-hybridized carbons (Fsp3) is 0.286. The number of methoxy groups -OCH3 is 2. The molecular weight excluding hydrogens is 264 g/mol. The van der Waals surface area contributed by atoms with Crippen LogP contribution in [0.1, 0.15) is 5.82 Å². The third-order valence-corrected chi connectivity index (χ3v) is 2.85. The van der Waals surface area contributed by atoms with E-state index in [1.165, 1.54) is 0 Å². The fourth-order valence-electron chi connectivity index (χ4n) is 1.68. The summed E-state index contributed by atoms with van der Waals surface area (Å²) in [5.74, 6) is 1.49. The number of benzene rings is 1. The van der Waals surface area contributed by atoms with Crippen molar-refractivity contribution in [2.45, 2.75) is 6.42 Å². The number of hydrogen-bond donors (Lipinski definition) is 0. The van der Waals surface area contributed by atoms with Crippen molar-refractivity contribution in [3.63, 3.8) is 0 Å². The Hall–Kier alpha value is -1.65. The summed E-state index contributed by atoms with van der Waals surface area (Å²) in [5, 5.41) is 0.437. The maximum Gasteiger partial charge on any atom is 0.133 e. The van der Waals surface area contributed by atoms with Crippen molar-refractivity contribution in [1.29, 1.82) is 0 Å². The number of nitrogens with zero attached hydrogens (tertiary/aromatic N) is 2. The van der Waals surface area contributed by atoms with Gasteiger partial charge in [-0.3, -0.25) is 0 Å².